The minimum atomic E-state index is -0.598. The lowest BCUT2D eigenvalue weighted by Gasteiger charge is -2.35. The molecule has 158 valence electrons. The normalized spacial score (nSPS) is 21.8. The average molecular weight is 415 g/mol. The Hall–Kier alpha value is -3.34. The highest BCUT2D eigenvalue weighted by Gasteiger charge is 2.49. The number of aromatic nitrogens is 1. The fraction of sp³-hybridized carbons (Fsp3) is 0.308. The van der Waals surface area contributed by atoms with E-state index < -0.39 is 17.7 Å². The Bertz CT molecular complexity index is 1180. The summed E-state index contributed by atoms with van der Waals surface area (Å²) in [5.74, 6) is -1.21. The number of carbonyl (C=O) groups excluding carboxylic acids is 2. The van der Waals surface area contributed by atoms with E-state index in [4.69, 9.17) is 0 Å². The van der Waals surface area contributed by atoms with Crippen LogP contribution in [-0.2, 0) is 9.59 Å². The summed E-state index contributed by atoms with van der Waals surface area (Å²) in [5, 5.41) is 12.2. The number of benzene rings is 2. The van der Waals surface area contributed by atoms with E-state index in [0.717, 1.165) is 54.1 Å². The first-order chi connectivity index (χ1) is 15.1. The number of carbonyl (C=O) groups is 2. The maximum absolute atomic E-state index is 13.3. The van der Waals surface area contributed by atoms with E-state index >= 15 is 0 Å². The van der Waals surface area contributed by atoms with Gasteiger partial charge in [-0.25, -0.2) is 0 Å². The molecule has 3 aromatic rings. The first-order valence-electron chi connectivity index (χ1n) is 11.0. The van der Waals surface area contributed by atoms with Crippen molar-refractivity contribution in [3.8, 4) is 0 Å². The van der Waals surface area contributed by atoms with Crippen molar-refractivity contribution in [1.29, 1.82) is 0 Å². The van der Waals surface area contributed by atoms with Gasteiger partial charge in [0.2, 0.25) is 0 Å². The molecule has 2 aromatic carbocycles. The average Bonchev–Trinajstić information content (AvgIpc) is 3.33. The van der Waals surface area contributed by atoms with Crippen LogP contribution in [0.3, 0.4) is 0 Å². The molecule has 1 amide bonds. The van der Waals surface area contributed by atoms with Gasteiger partial charge in [0.25, 0.3) is 11.7 Å². The third kappa shape index (κ3) is 3.25. The molecule has 2 heterocycles. The highest BCUT2D eigenvalue weighted by atomic mass is 16.3. The van der Waals surface area contributed by atoms with Crippen molar-refractivity contribution in [2.75, 3.05) is 0 Å². The maximum atomic E-state index is 13.3. The van der Waals surface area contributed by atoms with E-state index in [-0.39, 0.29) is 17.4 Å². The molecule has 1 saturated carbocycles. The number of aromatic amines is 1. The van der Waals surface area contributed by atoms with E-state index in [9.17, 15) is 14.7 Å². The fourth-order valence-electron chi connectivity index (χ4n) is 5.08. The molecule has 5 heteroatoms. The van der Waals surface area contributed by atoms with Gasteiger partial charge in [0, 0.05) is 34.3 Å². The second kappa shape index (κ2) is 7.73. The zero-order valence-corrected chi connectivity index (χ0v) is 17.6. The Morgan fingerprint density at radius 3 is 2.45 bits per heavy atom. The number of aliphatic hydroxyl groups excluding tert-OH is 1. The molecule has 1 aromatic heterocycles. The molecule has 2 fully saturated rings. The number of H-pyrrole nitrogens is 1. The Balaban J connectivity index is 1.71. The monoisotopic (exact) mass is 414 g/mol. The molecule has 1 saturated heterocycles. The Morgan fingerprint density at radius 1 is 1.00 bits per heavy atom. The number of aliphatic hydroxyl groups is 1. The van der Waals surface area contributed by atoms with Crippen molar-refractivity contribution in [2.45, 2.75) is 51.1 Å². The van der Waals surface area contributed by atoms with Crippen LogP contribution in [-0.4, -0.2) is 32.7 Å². The number of likely N-dealkylation sites (tertiary alicyclic amines) is 1. The van der Waals surface area contributed by atoms with E-state index in [1.807, 2.05) is 49.5 Å². The zero-order chi connectivity index (χ0) is 21.5. The number of Topliss-reactive ketones (excluding diaryl/α,β-unsaturated/α-hetero) is 1. The number of para-hydroxylation sites is 1. The Labute approximate surface area is 181 Å². The fourth-order valence-corrected chi connectivity index (χ4v) is 5.08. The number of aryl methyl sites for hydroxylation is 1. The molecule has 5 rings (SSSR count). The second-order valence-electron chi connectivity index (χ2n) is 8.65. The highest BCUT2D eigenvalue weighted by molar-refractivity contribution is 6.46. The molecular formula is C26H26N2O3. The summed E-state index contributed by atoms with van der Waals surface area (Å²) in [6, 6.07) is 14.7. The largest absolute Gasteiger partial charge is 0.507 e. The quantitative estimate of drug-likeness (QED) is 0.350. The van der Waals surface area contributed by atoms with Gasteiger partial charge in [-0.05, 0) is 25.8 Å². The van der Waals surface area contributed by atoms with Crippen molar-refractivity contribution in [3.05, 3.63) is 77.0 Å². The summed E-state index contributed by atoms with van der Waals surface area (Å²) in [7, 11) is 0. The molecule has 0 bridgehead atoms. The van der Waals surface area contributed by atoms with Gasteiger partial charge < -0.3 is 15.0 Å². The van der Waals surface area contributed by atoms with Crippen LogP contribution in [0.5, 0.6) is 0 Å². The molecule has 0 spiro atoms. The molecule has 31 heavy (non-hydrogen) atoms. The molecule has 1 unspecified atom stereocenters. The van der Waals surface area contributed by atoms with Crippen LogP contribution in [0.15, 0.2) is 60.3 Å². The van der Waals surface area contributed by atoms with Gasteiger partial charge >= 0.3 is 0 Å². The first kappa shape index (κ1) is 19.6. The Morgan fingerprint density at radius 2 is 1.71 bits per heavy atom. The minimum absolute atomic E-state index is 0.00665. The van der Waals surface area contributed by atoms with Gasteiger partial charge in [-0.1, -0.05) is 67.3 Å². The van der Waals surface area contributed by atoms with Crippen molar-refractivity contribution >= 4 is 28.4 Å². The number of ketones is 1. The summed E-state index contributed by atoms with van der Waals surface area (Å²) in [4.78, 5) is 31.5. The molecule has 1 aliphatic carbocycles. The number of nitrogens with one attached hydrogen (secondary N) is 1. The Kier molecular flexibility index (Phi) is 4.89. The second-order valence-corrected chi connectivity index (χ2v) is 8.65. The molecule has 1 aliphatic heterocycles. The van der Waals surface area contributed by atoms with Crippen LogP contribution in [0.4, 0.5) is 0 Å². The molecule has 2 N–H and O–H groups in total. The molecule has 2 aliphatic rings. The number of hydrogen-bond donors (Lipinski definition) is 2. The van der Waals surface area contributed by atoms with E-state index in [1.165, 1.54) is 0 Å². The summed E-state index contributed by atoms with van der Waals surface area (Å²) in [6.45, 7) is 1.97. The van der Waals surface area contributed by atoms with E-state index in [0.29, 0.717) is 5.56 Å². The zero-order valence-electron chi connectivity index (χ0n) is 17.6. The SMILES string of the molecule is Cc1ccc(/C(O)=C2\C(=O)C(=O)N(C3CCCCC3)C2c2c[nH]c3ccccc23)cc1. The summed E-state index contributed by atoms with van der Waals surface area (Å²) in [6.07, 6.45) is 6.90. The number of nitrogens with zero attached hydrogens (tertiary/aromatic N) is 1. The van der Waals surface area contributed by atoms with E-state index in [1.54, 1.807) is 17.0 Å². The standard InChI is InChI=1S/C26H26N2O3/c1-16-11-13-17(14-12-16)24(29)22-23(20-15-27-21-10-6-5-9-19(20)21)28(26(31)25(22)30)18-7-3-2-4-8-18/h5-6,9-15,18,23,27,29H,2-4,7-8H2,1H3/b24-22+. The van der Waals surface area contributed by atoms with Crippen molar-refractivity contribution < 1.29 is 14.7 Å². The smallest absolute Gasteiger partial charge is 0.295 e. The number of amides is 1. The predicted molar refractivity (Wildman–Crippen MR) is 120 cm³/mol. The third-order valence-corrected chi connectivity index (χ3v) is 6.69. The van der Waals surface area contributed by atoms with Crippen LogP contribution < -0.4 is 0 Å². The molecule has 5 nitrogen and oxygen atoms in total. The van der Waals surface area contributed by atoms with E-state index in [2.05, 4.69) is 4.98 Å². The lowest BCUT2D eigenvalue weighted by atomic mass is 9.90. The lowest BCUT2D eigenvalue weighted by molar-refractivity contribution is -0.141. The third-order valence-electron chi connectivity index (χ3n) is 6.69. The van der Waals surface area contributed by atoms with Gasteiger partial charge in [0.05, 0.1) is 11.6 Å². The molecular weight excluding hydrogens is 388 g/mol. The molecule has 0 radical (unpaired) electrons. The van der Waals surface area contributed by atoms with Gasteiger partial charge in [0.15, 0.2) is 0 Å². The van der Waals surface area contributed by atoms with Crippen LogP contribution in [0.2, 0.25) is 0 Å². The van der Waals surface area contributed by atoms with Crippen LogP contribution in [0.25, 0.3) is 16.7 Å². The summed E-state index contributed by atoms with van der Waals surface area (Å²) < 4.78 is 0. The van der Waals surface area contributed by atoms with Gasteiger partial charge in [-0.2, -0.15) is 0 Å². The van der Waals surface area contributed by atoms with Gasteiger partial charge in [-0.15, -0.1) is 0 Å². The van der Waals surface area contributed by atoms with Crippen LogP contribution in [0, 0.1) is 6.92 Å². The lowest BCUT2D eigenvalue weighted by Crippen LogP contribution is -2.40. The summed E-state index contributed by atoms with van der Waals surface area (Å²) in [5.41, 5.74) is 3.60. The van der Waals surface area contributed by atoms with Crippen molar-refractivity contribution in [3.63, 3.8) is 0 Å². The topological polar surface area (TPSA) is 73.4 Å². The summed E-state index contributed by atoms with van der Waals surface area (Å²) >= 11 is 0. The van der Waals surface area contributed by atoms with Gasteiger partial charge in [0.1, 0.15) is 5.76 Å². The predicted octanol–water partition coefficient (Wildman–Crippen LogP) is 5.23. The number of rotatable bonds is 3. The number of hydrogen-bond acceptors (Lipinski definition) is 3. The van der Waals surface area contributed by atoms with Crippen LogP contribution in [0.1, 0.15) is 54.8 Å². The number of fused-ring (bicyclic) bond motifs is 1. The molecule has 1 atom stereocenters. The van der Waals surface area contributed by atoms with Crippen molar-refractivity contribution in [1.82, 2.24) is 9.88 Å². The highest BCUT2D eigenvalue weighted by Crippen LogP contribution is 2.44. The maximum Gasteiger partial charge on any atom is 0.295 e. The van der Waals surface area contributed by atoms with Crippen LogP contribution >= 0.6 is 0 Å². The van der Waals surface area contributed by atoms with Crippen molar-refractivity contribution in [2.24, 2.45) is 0 Å². The first-order valence-corrected chi connectivity index (χ1v) is 11.0. The van der Waals surface area contributed by atoms with Gasteiger partial charge in [-0.3, -0.25) is 9.59 Å². The minimum Gasteiger partial charge on any atom is -0.507 e.